The van der Waals surface area contributed by atoms with Crippen LogP contribution in [-0.4, -0.2) is 43.7 Å². The van der Waals surface area contributed by atoms with Crippen LogP contribution in [0.4, 0.5) is 0 Å². The zero-order valence-electron chi connectivity index (χ0n) is 12.6. The average Bonchev–Trinajstić information content (AvgIpc) is 2.44. The van der Waals surface area contributed by atoms with Crippen LogP contribution in [0.3, 0.4) is 0 Å². The van der Waals surface area contributed by atoms with Gasteiger partial charge in [0, 0.05) is 18.5 Å². The predicted molar refractivity (Wildman–Crippen MR) is 78.1 cm³/mol. The first kappa shape index (κ1) is 14.9. The van der Waals surface area contributed by atoms with Crippen molar-refractivity contribution in [3.05, 3.63) is 29.8 Å². The van der Waals surface area contributed by atoms with Crippen molar-refractivity contribution in [1.82, 2.24) is 4.90 Å². The van der Waals surface area contributed by atoms with E-state index in [1.807, 2.05) is 12.1 Å². The van der Waals surface area contributed by atoms with Crippen molar-refractivity contribution < 1.29 is 14.3 Å². The fourth-order valence-corrected chi connectivity index (χ4v) is 2.68. The molecular weight excluding hydrogens is 254 g/mol. The number of rotatable bonds is 3. The van der Waals surface area contributed by atoms with Crippen molar-refractivity contribution in [3.63, 3.8) is 0 Å². The number of piperidine rings is 1. The second kappa shape index (κ2) is 6.27. The van der Waals surface area contributed by atoms with Gasteiger partial charge < -0.3 is 14.4 Å². The SMILES string of the molecule is COc1ccccc1C(=O)O[C@H]1C[C@@H](C)N(C)C[C@H]1C. The normalized spacial score (nSPS) is 27.1. The molecule has 4 heteroatoms. The molecule has 0 bridgehead atoms. The summed E-state index contributed by atoms with van der Waals surface area (Å²) in [4.78, 5) is 14.6. The molecule has 0 N–H and O–H groups in total. The van der Waals surface area contributed by atoms with Gasteiger partial charge >= 0.3 is 5.97 Å². The van der Waals surface area contributed by atoms with Crippen LogP contribution in [0.2, 0.25) is 0 Å². The molecule has 4 nitrogen and oxygen atoms in total. The number of ether oxygens (including phenoxy) is 2. The highest BCUT2D eigenvalue weighted by molar-refractivity contribution is 5.92. The summed E-state index contributed by atoms with van der Waals surface area (Å²) in [5, 5.41) is 0. The summed E-state index contributed by atoms with van der Waals surface area (Å²) in [6.45, 7) is 5.24. The molecule has 0 aromatic heterocycles. The lowest BCUT2D eigenvalue weighted by molar-refractivity contribution is -0.0198. The van der Waals surface area contributed by atoms with Crippen LogP contribution in [0, 0.1) is 5.92 Å². The summed E-state index contributed by atoms with van der Waals surface area (Å²) in [5.74, 6) is 0.608. The molecule has 1 aliphatic heterocycles. The summed E-state index contributed by atoms with van der Waals surface area (Å²) in [5.41, 5.74) is 0.494. The minimum absolute atomic E-state index is 0.0291. The zero-order chi connectivity index (χ0) is 14.7. The Morgan fingerprint density at radius 1 is 1.30 bits per heavy atom. The van der Waals surface area contributed by atoms with Gasteiger partial charge in [0.25, 0.3) is 0 Å². The number of nitrogens with zero attached hydrogens (tertiary/aromatic N) is 1. The smallest absolute Gasteiger partial charge is 0.342 e. The van der Waals surface area contributed by atoms with Crippen LogP contribution < -0.4 is 4.74 Å². The maximum Gasteiger partial charge on any atom is 0.342 e. The number of carbonyl (C=O) groups excluding carboxylic acids is 1. The zero-order valence-corrected chi connectivity index (χ0v) is 12.6. The first-order valence-electron chi connectivity index (χ1n) is 7.07. The third-order valence-corrected chi connectivity index (χ3v) is 4.12. The second-order valence-electron chi connectivity index (χ2n) is 5.65. The molecule has 110 valence electrons. The third kappa shape index (κ3) is 3.12. The summed E-state index contributed by atoms with van der Waals surface area (Å²) in [7, 11) is 3.67. The fourth-order valence-electron chi connectivity index (χ4n) is 2.68. The quantitative estimate of drug-likeness (QED) is 0.796. The number of hydrogen-bond donors (Lipinski definition) is 0. The number of carbonyl (C=O) groups is 1. The van der Waals surface area contributed by atoms with Crippen LogP contribution in [0.1, 0.15) is 30.6 Å². The molecule has 1 heterocycles. The molecule has 0 spiro atoms. The van der Waals surface area contributed by atoms with E-state index in [9.17, 15) is 4.79 Å². The van der Waals surface area contributed by atoms with Crippen molar-refractivity contribution in [2.45, 2.75) is 32.4 Å². The van der Waals surface area contributed by atoms with Crippen molar-refractivity contribution in [3.8, 4) is 5.75 Å². The van der Waals surface area contributed by atoms with Gasteiger partial charge in [-0.25, -0.2) is 4.79 Å². The molecule has 20 heavy (non-hydrogen) atoms. The molecule has 1 aromatic carbocycles. The highest BCUT2D eigenvalue weighted by Gasteiger charge is 2.32. The number of methoxy groups -OCH3 is 1. The van der Waals surface area contributed by atoms with Crippen LogP contribution in [0.25, 0.3) is 0 Å². The Labute approximate surface area is 120 Å². The molecule has 1 aromatic rings. The number of hydrogen-bond acceptors (Lipinski definition) is 4. The highest BCUT2D eigenvalue weighted by Crippen LogP contribution is 2.26. The lowest BCUT2D eigenvalue weighted by Crippen LogP contribution is -2.46. The topological polar surface area (TPSA) is 38.8 Å². The molecular formula is C16H23NO3. The third-order valence-electron chi connectivity index (χ3n) is 4.12. The Kier molecular flexibility index (Phi) is 4.65. The van der Waals surface area contributed by atoms with Gasteiger partial charge in [-0.05, 0) is 32.5 Å². The Hall–Kier alpha value is -1.55. The van der Waals surface area contributed by atoms with Crippen LogP contribution in [0.15, 0.2) is 24.3 Å². The number of likely N-dealkylation sites (tertiary alicyclic amines) is 1. The van der Waals surface area contributed by atoms with E-state index < -0.39 is 0 Å². The van der Waals surface area contributed by atoms with Gasteiger partial charge in [-0.2, -0.15) is 0 Å². The number of benzene rings is 1. The van der Waals surface area contributed by atoms with E-state index >= 15 is 0 Å². The summed E-state index contributed by atoms with van der Waals surface area (Å²) < 4.78 is 10.9. The average molecular weight is 277 g/mol. The van der Waals surface area contributed by atoms with Gasteiger partial charge in [0.2, 0.25) is 0 Å². The van der Waals surface area contributed by atoms with Crippen molar-refractivity contribution in [1.29, 1.82) is 0 Å². The largest absolute Gasteiger partial charge is 0.496 e. The van der Waals surface area contributed by atoms with E-state index in [1.54, 1.807) is 19.2 Å². The monoisotopic (exact) mass is 277 g/mol. The van der Waals surface area contributed by atoms with Gasteiger partial charge in [0.1, 0.15) is 17.4 Å². The molecule has 0 unspecified atom stereocenters. The maximum atomic E-state index is 12.3. The Morgan fingerprint density at radius 2 is 2.00 bits per heavy atom. The second-order valence-corrected chi connectivity index (χ2v) is 5.65. The summed E-state index contributed by atoms with van der Waals surface area (Å²) in [6, 6.07) is 7.61. The minimum atomic E-state index is -0.295. The molecule has 1 saturated heterocycles. The molecule has 1 fully saturated rings. The first-order chi connectivity index (χ1) is 9.52. The molecule has 0 aliphatic carbocycles. The van der Waals surface area contributed by atoms with E-state index in [0.29, 0.717) is 23.3 Å². The standard InChI is InChI=1S/C16H23NO3/c1-11-10-17(3)12(2)9-15(11)20-16(18)13-7-5-6-8-14(13)19-4/h5-8,11-12,15H,9-10H2,1-4H3/t11-,12-,15+/m1/s1. The lowest BCUT2D eigenvalue weighted by atomic mass is 9.92. The first-order valence-corrected chi connectivity index (χ1v) is 7.07. The van der Waals surface area contributed by atoms with Gasteiger partial charge in [-0.15, -0.1) is 0 Å². The van der Waals surface area contributed by atoms with Crippen LogP contribution in [0.5, 0.6) is 5.75 Å². The Morgan fingerprint density at radius 3 is 2.70 bits per heavy atom. The summed E-state index contributed by atoms with van der Waals surface area (Å²) in [6.07, 6.45) is 0.845. The van der Waals surface area contributed by atoms with Crippen molar-refractivity contribution in [2.75, 3.05) is 20.7 Å². The van der Waals surface area contributed by atoms with E-state index in [4.69, 9.17) is 9.47 Å². The predicted octanol–water partition coefficient (Wildman–Crippen LogP) is 2.58. The highest BCUT2D eigenvalue weighted by atomic mass is 16.5. The van der Waals surface area contributed by atoms with Gasteiger partial charge in [-0.1, -0.05) is 19.1 Å². The van der Waals surface area contributed by atoms with Gasteiger partial charge in [0.05, 0.1) is 7.11 Å². The van der Waals surface area contributed by atoms with Crippen LogP contribution >= 0.6 is 0 Å². The molecule has 0 saturated carbocycles. The van der Waals surface area contributed by atoms with Gasteiger partial charge in [0.15, 0.2) is 0 Å². The molecule has 0 amide bonds. The van der Waals surface area contributed by atoms with E-state index in [0.717, 1.165) is 13.0 Å². The van der Waals surface area contributed by atoms with E-state index in [1.165, 1.54) is 0 Å². The van der Waals surface area contributed by atoms with E-state index in [2.05, 4.69) is 25.8 Å². The maximum absolute atomic E-state index is 12.3. The fraction of sp³-hybridized carbons (Fsp3) is 0.562. The van der Waals surface area contributed by atoms with Crippen molar-refractivity contribution >= 4 is 5.97 Å². The Balaban J connectivity index is 2.07. The number of esters is 1. The number of para-hydroxylation sites is 1. The Bertz CT molecular complexity index is 475. The molecule has 1 aliphatic rings. The summed E-state index contributed by atoms with van der Waals surface area (Å²) >= 11 is 0. The van der Waals surface area contributed by atoms with Gasteiger partial charge in [-0.3, -0.25) is 0 Å². The minimum Gasteiger partial charge on any atom is -0.496 e. The molecule has 2 rings (SSSR count). The molecule has 3 atom stereocenters. The molecule has 0 radical (unpaired) electrons. The van der Waals surface area contributed by atoms with Crippen molar-refractivity contribution in [2.24, 2.45) is 5.92 Å². The lowest BCUT2D eigenvalue weighted by Gasteiger charge is -2.39. The van der Waals surface area contributed by atoms with Crippen LogP contribution in [-0.2, 0) is 4.74 Å². The van der Waals surface area contributed by atoms with E-state index in [-0.39, 0.29) is 12.1 Å².